The lowest BCUT2D eigenvalue weighted by Gasteiger charge is -2.18. The van der Waals surface area contributed by atoms with Crippen LogP contribution in [0.1, 0.15) is 34.1 Å². The van der Waals surface area contributed by atoms with Gasteiger partial charge in [0.1, 0.15) is 24.7 Å². The Kier molecular flexibility index (Phi) is 11.0. The van der Waals surface area contributed by atoms with Crippen molar-refractivity contribution in [1.29, 1.82) is 0 Å². The van der Waals surface area contributed by atoms with E-state index >= 15 is 0 Å². The van der Waals surface area contributed by atoms with E-state index in [1.165, 1.54) is 0 Å². The summed E-state index contributed by atoms with van der Waals surface area (Å²) in [6.07, 6.45) is 0.497. The van der Waals surface area contributed by atoms with E-state index in [0.717, 1.165) is 11.5 Å². The number of carboxylic acid groups (broad SMARTS) is 1. The van der Waals surface area contributed by atoms with Crippen molar-refractivity contribution < 1.29 is 28.9 Å². The predicted octanol–water partition coefficient (Wildman–Crippen LogP) is 4.83. The first-order chi connectivity index (χ1) is 14.2. The highest BCUT2D eigenvalue weighted by Gasteiger charge is 2.26. The third kappa shape index (κ3) is 10.5. The predicted molar refractivity (Wildman–Crippen MR) is 116 cm³/mol. The molecule has 164 valence electrons. The standard InChI is InChI=1S/2C12H16O3/c1-12(2,11(13)14)8-9-15-10-6-4-3-5-7-10;1-10(2)12(13)15-9-8-14-11-6-4-3-5-7-11/h3-7H,8-9H2,1-2H3,(H,13,14);3-7,10H,8-9H2,1-2H3. The fraction of sp³-hybridized carbons (Fsp3) is 0.417. The fourth-order valence-corrected chi connectivity index (χ4v) is 2.03. The lowest BCUT2D eigenvalue weighted by Crippen LogP contribution is -2.25. The van der Waals surface area contributed by atoms with Gasteiger partial charge in [-0.25, -0.2) is 0 Å². The molecule has 0 unspecified atom stereocenters. The first kappa shape index (κ1) is 25.0. The van der Waals surface area contributed by atoms with Crippen LogP contribution in [0.5, 0.6) is 11.5 Å². The van der Waals surface area contributed by atoms with E-state index in [0.29, 0.717) is 26.2 Å². The van der Waals surface area contributed by atoms with Gasteiger partial charge >= 0.3 is 11.9 Å². The van der Waals surface area contributed by atoms with Crippen LogP contribution >= 0.6 is 0 Å². The highest BCUT2D eigenvalue weighted by Crippen LogP contribution is 2.21. The van der Waals surface area contributed by atoms with Crippen LogP contribution in [-0.4, -0.2) is 36.9 Å². The molecule has 30 heavy (non-hydrogen) atoms. The summed E-state index contributed by atoms with van der Waals surface area (Å²) in [6.45, 7) is 8.12. The summed E-state index contributed by atoms with van der Waals surface area (Å²) in [6, 6.07) is 18.8. The summed E-state index contributed by atoms with van der Waals surface area (Å²) >= 11 is 0. The Labute approximate surface area is 178 Å². The Bertz CT molecular complexity index is 739. The summed E-state index contributed by atoms with van der Waals surface area (Å²) in [5.74, 6) is 0.504. The molecular formula is C24H32O6. The van der Waals surface area contributed by atoms with Crippen molar-refractivity contribution in [1.82, 2.24) is 0 Å². The molecule has 0 bridgehead atoms. The van der Waals surface area contributed by atoms with Gasteiger partial charge in [-0.05, 0) is 44.5 Å². The molecule has 0 saturated heterocycles. The summed E-state index contributed by atoms with van der Waals surface area (Å²) in [4.78, 5) is 21.9. The van der Waals surface area contributed by atoms with Gasteiger partial charge < -0.3 is 19.3 Å². The van der Waals surface area contributed by atoms with Crippen molar-refractivity contribution in [3.8, 4) is 11.5 Å². The van der Waals surface area contributed by atoms with Crippen molar-refractivity contribution in [2.45, 2.75) is 34.1 Å². The fourth-order valence-electron chi connectivity index (χ4n) is 2.03. The van der Waals surface area contributed by atoms with Gasteiger partial charge in [0, 0.05) is 0 Å². The van der Waals surface area contributed by atoms with E-state index in [-0.39, 0.29) is 11.9 Å². The molecule has 0 aromatic heterocycles. The smallest absolute Gasteiger partial charge is 0.309 e. The van der Waals surface area contributed by atoms with Crippen LogP contribution in [0.15, 0.2) is 60.7 Å². The molecule has 2 aromatic carbocycles. The van der Waals surface area contributed by atoms with Gasteiger partial charge in [0.15, 0.2) is 0 Å². The number of hydrogen-bond donors (Lipinski definition) is 1. The molecule has 0 heterocycles. The molecule has 2 aromatic rings. The molecule has 6 nitrogen and oxygen atoms in total. The molecule has 0 radical (unpaired) electrons. The van der Waals surface area contributed by atoms with Gasteiger partial charge in [0.25, 0.3) is 0 Å². The van der Waals surface area contributed by atoms with E-state index in [2.05, 4.69) is 0 Å². The molecule has 6 heteroatoms. The SMILES string of the molecule is CC(C)(CCOc1ccccc1)C(=O)O.CC(C)C(=O)OCCOc1ccccc1. The largest absolute Gasteiger partial charge is 0.494 e. The summed E-state index contributed by atoms with van der Waals surface area (Å²) < 4.78 is 15.7. The molecule has 0 amide bonds. The normalized spacial score (nSPS) is 10.6. The highest BCUT2D eigenvalue weighted by atomic mass is 16.6. The second-order valence-electron chi connectivity index (χ2n) is 7.58. The van der Waals surface area contributed by atoms with Gasteiger partial charge in [-0.2, -0.15) is 0 Å². The third-order valence-electron chi connectivity index (χ3n) is 4.13. The molecule has 0 aliphatic carbocycles. The molecular weight excluding hydrogens is 384 g/mol. The van der Waals surface area contributed by atoms with Crippen molar-refractivity contribution in [2.24, 2.45) is 11.3 Å². The number of aliphatic carboxylic acids is 1. The van der Waals surface area contributed by atoms with Gasteiger partial charge in [-0.3, -0.25) is 9.59 Å². The number of esters is 1. The van der Waals surface area contributed by atoms with Crippen LogP contribution in [0.3, 0.4) is 0 Å². The first-order valence-corrected chi connectivity index (χ1v) is 9.98. The molecule has 0 fully saturated rings. The van der Waals surface area contributed by atoms with E-state index in [4.69, 9.17) is 19.3 Å². The Balaban J connectivity index is 0.000000300. The zero-order chi connectivity index (χ0) is 22.4. The molecule has 0 aliphatic rings. The Morgan fingerprint density at radius 3 is 1.73 bits per heavy atom. The van der Waals surface area contributed by atoms with Gasteiger partial charge in [0.05, 0.1) is 17.9 Å². The van der Waals surface area contributed by atoms with Crippen LogP contribution in [-0.2, 0) is 14.3 Å². The lowest BCUT2D eigenvalue weighted by molar-refractivity contribution is -0.148. The molecule has 0 saturated carbocycles. The third-order valence-corrected chi connectivity index (χ3v) is 4.13. The molecule has 0 atom stereocenters. The van der Waals surface area contributed by atoms with Crippen molar-refractivity contribution >= 4 is 11.9 Å². The van der Waals surface area contributed by atoms with Crippen LogP contribution in [0.4, 0.5) is 0 Å². The molecule has 0 aliphatic heterocycles. The van der Waals surface area contributed by atoms with Crippen LogP contribution in [0.25, 0.3) is 0 Å². The molecule has 2 rings (SSSR count). The van der Waals surface area contributed by atoms with Crippen molar-refractivity contribution in [3.63, 3.8) is 0 Å². The van der Waals surface area contributed by atoms with Crippen molar-refractivity contribution in [2.75, 3.05) is 19.8 Å². The zero-order valence-electron chi connectivity index (χ0n) is 18.2. The first-order valence-electron chi connectivity index (χ1n) is 9.98. The lowest BCUT2D eigenvalue weighted by atomic mass is 9.90. The average molecular weight is 417 g/mol. The summed E-state index contributed by atoms with van der Waals surface area (Å²) in [7, 11) is 0. The number of benzene rings is 2. The second kappa shape index (κ2) is 13.2. The van der Waals surface area contributed by atoms with E-state index < -0.39 is 11.4 Å². The Morgan fingerprint density at radius 2 is 1.30 bits per heavy atom. The minimum absolute atomic E-state index is 0.0817. The highest BCUT2D eigenvalue weighted by molar-refractivity contribution is 5.73. The maximum Gasteiger partial charge on any atom is 0.309 e. The maximum atomic E-state index is 11.1. The number of rotatable bonds is 10. The summed E-state index contributed by atoms with van der Waals surface area (Å²) in [5, 5.41) is 8.88. The van der Waals surface area contributed by atoms with E-state index in [1.54, 1.807) is 27.7 Å². The van der Waals surface area contributed by atoms with E-state index in [9.17, 15) is 9.59 Å². The second-order valence-corrected chi connectivity index (χ2v) is 7.58. The van der Waals surface area contributed by atoms with Crippen LogP contribution < -0.4 is 9.47 Å². The number of carbonyl (C=O) groups is 2. The minimum Gasteiger partial charge on any atom is -0.494 e. The van der Waals surface area contributed by atoms with Gasteiger partial charge in [-0.1, -0.05) is 50.2 Å². The molecule has 0 spiro atoms. The minimum atomic E-state index is -0.792. The Hall–Kier alpha value is -3.02. The number of ether oxygens (including phenoxy) is 3. The number of hydrogen-bond acceptors (Lipinski definition) is 5. The average Bonchev–Trinajstić information content (AvgIpc) is 2.73. The monoisotopic (exact) mass is 416 g/mol. The van der Waals surface area contributed by atoms with Crippen LogP contribution in [0, 0.1) is 11.3 Å². The van der Waals surface area contributed by atoms with E-state index in [1.807, 2.05) is 60.7 Å². The number of carboxylic acids is 1. The number of carbonyl (C=O) groups excluding carboxylic acids is 1. The van der Waals surface area contributed by atoms with Gasteiger partial charge in [0.2, 0.25) is 0 Å². The number of para-hydroxylation sites is 2. The summed E-state index contributed by atoms with van der Waals surface area (Å²) in [5.41, 5.74) is -0.727. The Morgan fingerprint density at radius 1 is 0.833 bits per heavy atom. The van der Waals surface area contributed by atoms with Crippen LogP contribution in [0.2, 0.25) is 0 Å². The van der Waals surface area contributed by atoms with Gasteiger partial charge in [-0.15, -0.1) is 0 Å². The van der Waals surface area contributed by atoms with Crippen molar-refractivity contribution in [3.05, 3.63) is 60.7 Å². The zero-order valence-corrected chi connectivity index (χ0v) is 18.2. The maximum absolute atomic E-state index is 11.1. The molecule has 1 N–H and O–H groups in total. The quantitative estimate of drug-likeness (QED) is 0.441. The topological polar surface area (TPSA) is 82.1 Å².